The highest BCUT2D eigenvalue weighted by atomic mass is 16.6. The van der Waals surface area contributed by atoms with Gasteiger partial charge in [-0.25, -0.2) is 24.0 Å². The number of methoxy groups -OCH3 is 1. The van der Waals surface area contributed by atoms with Gasteiger partial charge in [-0.3, -0.25) is 0 Å². The Bertz CT molecular complexity index is 2290. The van der Waals surface area contributed by atoms with Crippen molar-refractivity contribution in [2.24, 2.45) is 0 Å². The van der Waals surface area contributed by atoms with Crippen LogP contribution in [0.5, 0.6) is 23.0 Å². The SMILES string of the molecule is C=C(C)C(=O)OCCOc1ccc2cc(C(=O)Oc3ccc(OC(=O)c4ccc5cc(OCCOC(=O)C(=C)C)ccc5c4)c(C(=O)OC)c3)ccc2c1. The van der Waals surface area contributed by atoms with Crippen LogP contribution in [-0.4, -0.2) is 63.4 Å². The third kappa shape index (κ3) is 9.88. The number of hydrogen-bond donors (Lipinski definition) is 0. The van der Waals surface area contributed by atoms with Crippen LogP contribution in [0.1, 0.15) is 44.9 Å². The zero-order chi connectivity index (χ0) is 38.8. The summed E-state index contributed by atoms with van der Waals surface area (Å²) in [4.78, 5) is 62.1. The number of esters is 5. The molecule has 5 aromatic carbocycles. The van der Waals surface area contributed by atoms with E-state index in [1.54, 1.807) is 86.6 Å². The van der Waals surface area contributed by atoms with E-state index < -0.39 is 29.8 Å². The summed E-state index contributed by atoms with van der Waals surface area (Å²) in [5.41, 5.74) is 0.937. The van der Waals surface area contributed by atoms with Gasteiger partial charge in [-0.05, 0) is 102 Å². The van der Waals surface area contributed by atoms with Crippen LogP contribution >= 0.6 is 0 Å². The van der Waals surface area contributed by atoms with Gasteiger partial charge in [0.05, 0.1) is 18.2 Å². The summed E-state index contributed by atoms with van der Waals surface area (Å²) < 4.78 is 37.4. The summed E-state index contributed by atoms with van der Waals surface area (Å²) in [6.45, 7) is 10.6. The molecule has 5 rings (SSSR count). The molecule has 0 amide bonds. The topological polar surface area (TPSA) is 150 Å². The van der Waals surface area contributed by atoms with Gasteiger partial charge in [0.25, 0.3) is 0 Å². The first-order valence-corrected chi connectivity index (χ1v) is 16.6. The van der Waals surface area contributed by atoms with Crippen LogP contribution in [0.2, 0.25) is 0 Å². The van der Waals surface area contributed by atoms with Gasteiger partial charge < -0.3 is 33.2 Å². The summed E-state index contributed by atoms with van der Waals surface area (Å²) >= 11 is 0. The van der Waals surface area contributed by atoms with Gasteiger partial charge in [-0.2, -0.15) is 0 Å². The van der Waals surface area contributed by atoms with Crippen molar-refractivity contribution in [2.75, 3.05) is 33.5 Å². The first-order valence-electron chi connectivity index (χ1n) is 16.6. The van der Waals surface area contributed by atoms with E-state index in [9.17, 15) is 24.0 Å². The lowest BCUT2D eigenvalue weighted by atomic mass is 10.1. The molecule has 0 atom stereocenters. The molecule has 276 valence electrons. The molecule has 0 heterocycles. The van der Waals surface area contributed by atoms with E-state index in [4.69, 9.17) is 33.2 Å². The number of carbonyl (C=O) groups excluding carboxylic acids is 5. The lowest BCUT2D eigenvalue weighted by molar-refractivity contribution is -0.140. The largest absolute Gasteiger partial charge is 0.490 e. The maximum absolute atomic E-state index is 13.2. The van der Waals surface area contributed by atoms with E-state index in [0.717, 1.165) is 21.5 Å². The van der Waals surface area contributed by atoms with Gasteiger partial charge in [0.1, 0.15) is 55.0 Å². The fourth-order valence-electron chi connectivity index (χ4n) is 4.97. The van der Waals surface area contributed by atoms with E-state index in [1.165, 1.54) is 25.3 Å². The highest BCUT2D eigenvalue weighted by molar-refractivity contribution is 6.00. The Hall–Kier alpha value is -6.95. The molecule has 0 radical (unpaired) electrons. The van der Waals surface area contributed by atoms with Crippen LogP contribution < -0.4 is 18.9 Å². The van der Waals surface area contributed by atoms with Gasteiger partial charge in [-0.15, -0.1) is 0 Å². The summed E-state index contributed by atoms with van der Waals surface area (Å²) in [6.07, 6.45) is 0. The Labute approximate surface area is 310 Å². The fraction of sp³-hybridized carbons (Fsp3) is 0.167. The molecule has 0 fully saturated rings. The minimum Gasteiger partial charge on any atom is -0.490 e. The van der Waals surface area contributed by atoms with Crippen LogP contribution in [0.3, 0.4) is 0 Å². The zero-order valence-corrected chi connectivity index (χ0v) is 29.8. The molecule has 5 aromatic rings. The molecule has 0 saturated heterocycles. The Morgan fingerprint density at radius 3 is 1.43 bits per heavy atom. The molecular formula is C42H36O12. The average Bonchev–Trinajstić information content (AvgIpc) is 3.17. The predicted octanol–water partition coefficient (Wildman–Crippen LogP) is 7.21. The lowest BCUT2D eigenvalue weighted by Gasteiger charge is -2.12. The summed E-state index contributed by atoms with van der Waals surface area (Å²) in [6, 6.07) is 24.4. The van der Waals surface area contributed by atoms with Crippen molar-refractivity contribution in [3.05, 3.63) is 132 Å². The second-order valence-corrected chi connectivity index (χ2v) is 11.9. The van der Waals surface area contributed by atoms with Crippen molar-refractivity contribution in [1.82, 2.24) is 0 Å². The molecule has 0 aliphatic heterocycles. The summed E-state index contributed by atoms with van der Waals surface area (Å²) in [5, 5.41) is 3.04. The van der Waals surface area contributed by atoms with Crippen LogP contribution in [0.15, 0.2) is 115 Å². The quantitative estimate of drug-likeness (QED) is 0.0352. The second-order valence-electron chi connectivity index (χ2n) is 11.9. The van der Waals surface area contributed by atoms with E-state index in [1.807, 2.05) is 0 Å². The van der Waals surface area contributed by atoms with E-state index >= 15 is 0 Å². The highest BCUT2D eigenvalue weighted by Gasteiger charge is 2.20. The third-order valence-corrected chi connectivity index (χ3v) is 7.73. The Kier molecular flexibility index (Phi) is 12.4. The van der Waals surface area contributed by atoms with Gasteiger partial charge in [0, 0.05) is 11.1 Å². The second kappa shape index (κ2) is 17.5. The normalized spacial score (nSPS) is 10.6. The number of benzene rings is 5. The standard InChI is InChI=1S/C42H36O12/c1-25(2)38(43)51-18-16-49-33-12-10-27-20-31(8-6-29(27)22-33)40(45)53-35-14-15-37(36(24-35)42(47)48-5)54-41(46)32-9-7-30-23-34(13-11-28(30)21-32)50-17-19-52-39(44)26(3)4/h6-15,20-24H,1,3,16-19H2,2,4-5H3. The first-order chi connectivity index (χ1) is 25.9. The number of hydrogen-bond acceptors (Lipinski definition) is 12. The van der Waals surface area contributed by atoms with Gasteiger partial charge >= 0.3 is 29.8 Å². The van der Waals surface area contributed by atoms with Gasteiger partial charge in [0.15, 0.2) is 0 Å². The Morgan fingerprint density at radius 1 is 0.500 bits per heavy atom. The van der Waals surface area contributed by atoms with E-state index in [0.29, 0.717) is 22.6 Å². The number of rotatable bonds is 15. The van der Waals surface area contributed by atoms with Crippen LogP contribution in [0.4, 0.5) is 0 Å². The van der Waals surface area contributed by atoms with Crippen LogP contribution in [0, 0.1) is 0 Å². The molecule has 0 saturated carbocycles. The Morgan fingerprint density at radius 2 is 0.944 bits per heavy atom. The molecule has 12 heteroatoms. The van der Waals surface area contributed by atoms with Gasteiger partial charge in [0.2, 0.25) is 0 Å². The molecule has 0 N–H and O–H groups in total. The fourth-order valence-corrected chi connectivity index (χ4v) is 4.97. The van der Waals surface area contributed by atoms with Crippen molar-refractivity contribution in [3.8, 4) is 23.0 Å². The summed E-state index contributed by atoms with van der Waals surface area (Å²) in [5.74, 6) is -2.18. The smallest absolute Gasteiger partial charge is 0.343 e. The molecule has 54 heavy (non-hydrogen) atoms. The molecule has 0 aliphatic rings. The molecule has 0 bridgehead atoms. The number of fused-ring (bicyclic) bond motifs is 2. The minimum absolute atomic E-state index is 0.0223. The summed E-state index contributed by atoms with van der Waals surface area (Å²) in [7, 11) is 1.17. The van der Waals surface area contributed by atoms with Crippen molar-refractivity contribution in [3.63, 3.8) is 0 Å². The monoisotopic (exact) mass is 732 g/mol. The predicted molar refractivity (Wildman–Crippen MR) is 198 cm³/mol. The van der Waals surface area contributed by atoms with E-state index in [2.05, 4.69) is 13.2 Å². The average molecular weight is 733 g/mol. The highest BCUT2D eigenvalue weighted by Crippen LogP contribution is 2.29. The van der Waals surface area contributed by atoms with Crippen molar-refractivity contribution < 1.29 is 57.1 Å². The van der Waals surface area contributed by atoms with Crippen molar-refractivity contribution in [1.29, 1.82) is 0 Å². The molecular weight excluding hydrogens is 696 g/mol. The molecule has 0 spiro atoms. The lowest BCUT2D eigenvalue weighted by Crippen LogP contribution is -2.13. The Balaban J connectivity index is 1.22. The van der Waals surface area contributed by atoms with Gasteiger partial charge in [-0.1, -0.05) is 37.4 Å². The van der Waals surface area contributed by atoms with Crippen molar-refractivity contribution in [2.45, 2.75) is 13.8 Å². The maximum Gasteiger partial charge on any atom is 0.343 e. The van der Waals surface area contributed by atoms with Crippen molar-refractivity contribution >= 4 is 51.4 Å². The van der Waals surface area contributed by atoms with Crippen LogP contribution in [-0.2, 0) is 23.8 Å². The molecule has 0 aromatic heterocycles. The number of carbonyl (C=O) groups is 5. The van der Waals surface area contributed by atoms with E-state index in [-0.39, 0.29) is 54.6 Å². The van der Waals surface area contributed by atoms with Crippen LogP contribution in [0.25, 0.3) is 21.5 Å². The third-order valence-electron chi connectivity index (χ3n) is 7.73. The minimum atomic E-state index is -0.811. The number of ether oxygens (including phenoxy) is 7. The molecule has 0 aliphatic carbocycles. The molecule has 12 nitrogen and oxygen atoms in total. The zero-order valence-electron chi connectivity index (χ0n) is 29.8. The maximum atomic E-state index is 13.2. The first kappa shape index (κ1) is 38.3. The molecule has 0 unspecified atom stereocenters.